The van der Waals surface area contributed by atoms with Crippen LogP contribution < -0.4 is 11.1 Å². The van der Waals surface area contributed by atoms with Crippen molar-refractivity contribution in [1.82, 2.24) is 14.5 Å². The van der Waals surface area contributed by atoms with Crippen LogP contribution in [0.5, 0.6) is 0 Å². The lowest BCUT2D eigenvalue weighted by atomic mass is 10.0. The largest absolute Gasteiger partial charge is 0.449 e. The summed E-state index contributed by atoms with van der Waals surface area (Å²) in [5, 5.41) is 2.93. The van der Waals surface area contributed by atoms with Crippen LogP contribution in [0, 0.1) is 17.5 Å². The van der Waals surface area contributed by atoms with Crippen LogP contribution in [0.4, 0.5) is 32.0 Å². The van der Waals surface area contributed by atoms with Gasteiger partial charge in [0.25, 0.3) is 0 Å². The van der Waals surface area contributed by atoms with Gasteiger partial charge in [-0.1, -0.05) is 12.1 Å². The first-order chi connectivity index (χ1) is 17.0. The fourth-order valence-corrected chi connectivity index (χ4v) is 4.28. The van der Waals surface area contributed by atoms with Crippen molar-refractivity contribution in [2.24, 2.45) is 5.73 Å². The summed E-state index contributed by atoms with van der Waals surface area (Å²) in [6, 6.07) is 6.92. The number of nitrogens with two attached hydrogens (primary N) is 1. The zero-order valence-corrected chi connectivity index (χ0v) is 19.2. The maximum Gasteiger partial charge on any atom is 0.449 e. The monoisotopic (exact) mass is 511 g/mol. The minimum Gasteiger partial charge on any atom is -0.388 e. The first-order valence-corrected chi connectivity index (χ1v) is 11.1. The molecule has 1 amide bonds. The molecule has 4 rings (SSSR count). The van der Waals surface area contributed by atoms with Gasteiger partial charge < -0.3 is 20.5 Å². The molecule has 0 fully saturated rings. The quantitative estimate of drug-likeness (QED) is 0.382. The number of nitrogens with zero attached hydrogens (tertiary/aromatic N) is 3. The summed E-state index contributed by atoms with van der Waals surface area (Å²) < 4.78 is 82.7. The number of carbonyl (C=O) groups excluding carboxylic acids is 1. The molecule has 0 radical (unpaired) electrons. The lowest BCUT2D eigenvalue weighted by Crippen LogP contribution is -2.42. The minimum absolute atomic E-state index is 0.00642. The van der Waals surface area contributed by atoms with Crippen molar-refractivity contribution in [2.75, 3.05) is 18.9 Å². The molecule has 1 atom stereocenters. The van der Waals surface area contributed by atoms with Gasteiger partial charge in [0.05, 0.1) is 17.9 Å². The molecule has 1 aromatic heterocycles. The van der Waals surface area contributed by atoms with E-state index in [-0.39, 0.29) is 49.4 Å². The average molecular weight is 511 g/mol. The van der Waals surface area contributed by atoms with E-state index < -0.39 is 41.4 Å². The van der Waals surface area contributed by atoms with Crippen LogP contribution in [0.15, 0.2) is 36.4 Å². The van der Waals surface area contributed by atoms with Crippen molar-refractivity contribution in [2.45, 2.75) is 38.1 Å². The van der Waals surface area contributed by atoms with Crippen LogP contribution in [-0.2, 0) is 30.5 Å². The molecule has 1 aliphatic rings. The summed E-state index contributed by atoms with van der Waals surface area (Å²) in [5.74, 6) is -5.04. The summed E-state index contributed by atoms with van der Waals surface area (Å²) in [4.78, 5) is 18.2. The van der Waals surface area contributed by atoms with Gasteiger partial charge in [-0.25, -0.2) is 18.2 Å². The van der Waals surface area contributed by atoms with E-state index >= 15 is 0 Å². The highest BCUT2D eigenvalue weighted by molar-refractivity contribution is 5.77. The van der Waals surface area contributed by atoms with Gasteiger partial charge in [0.1, 0.15) is 5.82 Å². The maximum absolute atomic E-state index is 13.9. The fourth-order valence-electron chi connectivity index (χ4n) is 4.28. The van der Waals surface area contributed by atoms with Crippen LogP contribution >= 0.6 is 0 Å². The molecular formula is C24H23F6N5O. The summed E-state index contributed by atoms with van der Waals surface area (Å²) in [6.07, 6.45) is -5.17. The highest BCUT2D eigenvalue weighted by Crippen LogP contribution is 2.36. The average Bonchev–Trinajstić information content (AvgIpc) is 3.22. The van der Waals surface area contributed by atoms with E-state index in [0.29, 0.717) is 23.4 Å². The van der Waals surface area contributed by atoms with Crippen molar-refractivity contribution in [1.29, 1.82) is 0 Å². The molecule has 2 aromatic carbocycles. The van der Waals surface area contributed by atoms with Gasteiger partial charge >= 0.3 is 6.18 Å². The lowest BCUT2D eigenvalue weighted by Gasteiger charge is -2.30. The first kappa shape index (κ1) is 25.5. The molecule has 3 N–H and O–H groups in total. The standard InChI is InChI=1S/C24H23F6N5O/c1-32-16-4-2-3-13(8-16)22-20-12-34(5-6-35(20)23(33-22)24(28,29)30)21(36)10-15(31)7-14-9-18(26)19(27)11-17(14)25/h2-4,8-9,11,15,32H,5-7,10,12,31H2,1H3. The number of nitrogens with one attached hydrogen (secondary N) is 1. The van der Waals surface area contributed by atoms with Gasteiger partial charge in [0.2, 0.25) is 11.7 Å². The number of hydrogen-bond acceptors (Lipinski definition) is 4. The number of amides is 1. The Hall–Kier alpha value is -3.54. The molecule has 0 bridgehead atoms. The van der Waals surface area contributed by atoms with Gasteiger partial charge in [0.15, 0.2) is 11.6 Å². The molecular weight excluding hydrogens is 488 g/mol. The van der Waals surface area contributed by atoms with Gasteiger partial charge in [0, 0.05) is 49.9 Å². The Balaban J connectivity index is 1.56. The Bertz CT molecular complexity index is 1290. The SMILES string of the molecule is CNc1cccc(-c2nc(C(F)(F)F)n3c2CN(C(=O)CC(N)Cc2cc(F)c(F)cc2F)CC3)c1. The molecule has 0 aliphatic carbocycles. The van der Waals surface area contributed by atoms with Crippen molar-refractivity contribution in [3.63, 3.8) is 0 Å². The number of benzene rings is 2. The van der Waals surface area contributed by atoms with Crippen molar-refractivity contribution in [3.8, 4) is 11.3 Å². The van der Waals surface area contributed by atoms with Crippen LogP contribution in [0.25, 0.3) is 11.3 Å². The summed E-state index contributed by atoms with van der Waals surface area (Å²) >= 11 is 0. The number of hydrogen-bond donors (Lipinski definition) is 2. The first-order valence-electron chi connectivity index (χ1n) is 11.1. The second kappa shape index (κ2) is 9.84. The van der Waals surface area contributed by atoms with E-state index in [0.717, 1.165) is 4.57 Å². The van der Waals surface area contributed by atoms with E-state index in [4.69, 9.17) is 5.73 Å². The third-order valence-corrected chi connectivity index (χ3v) is 6.05. The summed E-state index contributed by atoms with van der Waals surface area (Å²) in [6.45, 7) is -0.261. The van der Waals surface area contributed by atoms with E-state index in [1.807, 2.05) is 0 Å². The Morgan fingerprint density at radius 2 is 1.83 bits per heavy atom. The summed E-state index contributed by atoms with van der Waals surface area (Å²) in [7, 11) is 1.68. The van der Waals surface area contributed by atoms with E-state index in [9.17, 15) is 31.1 Å². The molecule has 0 saturated heterocycles. The van der Waals surface area contributed by atoms with Crippen molar-refractivity contribution in [3.05, 3.63) is 70.9 Å². The van der Waals surface area contributed by atoms with E-state index in [1.165, 1.54) is 4.90 Å². The number of fused-ring (bicyclic) bond motifs is 1. The Labute approximate surface area is 202 Å². The Morgan fingerprint density at radius 3 is 2.53 bits per heavy atom. The maximum atomic E-state index is 13.9. The zero-order chi connectivity index (χ0) is 26.2. The fraction of sp³-hybridized carbons (Fsp3) is 0.333. The van der Waals surface area contributed by atoms with Crippen LogP contribution in [-0.4, -0.2) is 40.0 Å². The topological polar surface area (TPSA) is 76.2 Å². The number of imidazole rings is 1. The molecule has 0 saturated carbocycles. The number of rotatable bonds is 6. The lowest BCUT2D eigenvalue weighted by molar-refractivity contribution is -0.148. The molecule has 36 heavy (non-hydrogen) atoms. The van der Waals surface area contributed by atoms with Gasteiger partial charge in [-0.2, -0.15) is 13.2 Å². The van der Waals surface area contributed by atoms with Gasteiger partial charge in [-0.3, -0.25) is 4.79 Å². The van der Waals surface area contributed by atoms with Crippen molar-refractivity contribution >= 4 is 11.6 Å². The second-order valence-electron chi connectivity index (χ2n) is 8.55. The van der Waals surface area contributed by atoms with Crippen LogP contribution in [0.2, 0.25) is 0 Å². The Morgan fingerprint density at radius 1 is 1.11 bits per heavy atom. The molecule has 12 heteroatoms. The number of alkyl halides is 3. The third-order valence-electron chi connectivity index (χ3n) is 6.05. The molecule has 0 spiro atoms. The molecule has 1 aliphatic heterocycles. The third kappa shape index (κ3) is 5.18. The van der Waals surface area contributed by atoms with E-state index in [2.05, 4.69) is 10.3 Å². The molecule has 1 unspecified atom stereocenters. The molecule has 192 valence electrons. The van der Waals surface area contributed by atoms with Crippen LogP contribution in [0.1, 0.15) is 23.5 Å². The molecule has 6 nitrogen and oxygen atoms in total. The van der Waals surface area contributed by atoms with Crippen LogP contribution in [0.3, 0.4) is 0 Å². The summed E-state index contributed by atoms with van der Waals surface area (Å²) in [5.41, 5.74) is 7.29. The smallest absolute Gasteiger partial charge is 0.388 e. The molecule has 3 aromatic rings. The predicted molar refractivity (Wildman–Crippen MR) is 120 cm³/mol. The number of aromatic nitrogens is 2. The predicted octanol–water partition coefficient (Wildman–Crippen LogP) is 4.33. The highest BCUT2D eigenvalue weighted by Gasteiger charge is 2.40. The molecule has 2 heterocycles. The highest BCUT2D eigenvalue weighted by atomic mass is 19.4. The van der Waals surface area contributed by atoms with Crippen molar-refractivity contribution < 1.29 is 31.1 Å². The van der Waals surface area contributed by atoms with Gasteiger partial charge in [-0.15, -0.1) is 0 Å². The number of halogens is 6. The second-order valence-corrected chi connectivity index (χ2v) is 8.55. The number of carbonyl (C=O) groups is 1. The number of anilines is 1. The minimum atomic E-state index is -4.68. The van der Waals surface area contributed by atoms with E-state index in [1.54, 1.807) is 31.3 Å². The Kier molecular flexibility index (Phi) is 6.98. The zero-order valence-electron chi connectivity index (χ0n) is 19.2. The normalized spacial score (nSPS) is 14.5. The van der Waals surface area contributed by atoms with Gasteiger partial charge in [-0.05, 0) is 30.2 Å².